The van der Waals surface area contributed by atoms with Crippen LogP contribution in [0.15, 0.2) is 88.2 Å². The Bertz CT molecular complexity index is 4060. The highest BCUT2D eigenvalue weighted by molar-refractivity contribution is 6.00. The van der Waals surface area contributed by atoms with Gasteiger partial charge >= 0.3 is 51.6 Å². The molecule has 0 radical (unpaired) electrons. The molecule has 6 N–H and O–H groups in total. The molecular formula is C54H55N5O31. The summed E-state index contributed by atoms with van der Waals surface area (Å²) in [6.45, 7) is 17.6. The van der Waals surface area contributed by atoms with Gasteiger partial charge in [-0.05, 0) is 117 Å². The van der Waals surface area contributed by atoms with Crippen molar-refractivity contribution in [2.24, 2.45) is 0 Å². The highest BCUT2D eigenvalue weighted by Crippen LogP contribution is 2.46. The van der Waals surface area contributed by atoms with Crippen LogP contribution in [0.1, 0.15) is 83.2 Å². The number of nitro groups is 4. The van der Waals surface area contributed by atoms with Crippen molar-refractivity contribution in [3.05, 3.63) is 181 Å². The van der Waals surface area contributed by atoms with Crippen molar-refractivity contribution in [3.63, 3.8) is 0 Å². The fourth-order valence-corrected chi connectivity index (χ4v) is 7.12. The Kier molecular flexibility index (Phi) is 28.5. The Morgan fingerprint density at radius 1 is 0.522 bits per heavy atom. The number of benzene rings is 4. The van der Waals surface area contributed by atoms with Crippen molar-refractivity contribution in [1.82, 2.24) is 0 Å². The van der Waals surface area contributed by atoms with Gasteiger partial charge in [0.05, 0.1) is 52.7 Å². The SMILES string of the molecule is CCOC(=O)c1cc2c(C)c([N+](=O)[O-])c(O)c([N+](=O)[O-])c2oc1=O.CCOC(=O)c1cc2c(C)cc(O)cc2oc1=O.CCOC=C(C#COOCC)OOCC.Cc1cc(O)cc(O)c1.Cc1cc2c(C)c([N+](=O)[O-])c(O)c([N+](=O)[O-])c2oc1=O.O=[N+]([O-])O. The van der Waals surface area contributed by atoms with Gasteiger partial charge in [0.15, 0.2) is 6.11 Å². The van der Waals surface area contributed by atoms with E-state index in [4.69, 9.17) is 58.0 Å². The molecule has 0 atom stereocenters. The van der Waals surface area contributed by atoms with Gasteiger partial charge in [0.2, 0.25) is 11.2 Å². The third kappa shape index (κ3) is 20.5. The maximum Gasteiger partial charge on any atom is 0.360 e. The number of aromatic hydroxyl groups is 5. The highest BCUT2D eigenvalue weighted by atomic mass is 17.2. The molecule has 0 fully saturated rings. The minimum absolute atomic E-state index is 0.00651. The van der Waals surface area contributed by atoms with Gasteiger partial charge in [0, 0.05) is 50.9 Å². The average Bonchev–Trinajstić information content (AvgIpc) is 0.779. The highest BCUT2D eigenvalue weighted by Gasteiger charge is 2.36. The normalized spacial score (nSPS) is 10.2. The Hall–Kier alpha value is -12.1. The predicted molar refractivity (Wildman–Crippen MR) is 306 cm³/mol. The van der Waals surface area contributed by atoms with Crippen LogP contribution in [-0.2, 0) is 33.8 Å². The van der Waals surface area contributed by atoms with Crippen LogP contribution in [0.4, 0.5) is 22.7 Å². The summed E-state index contributed by atoms with van der Waals surface area (Å²) in [7, 11) is 0. The van der Waals surface area contributed by atoms with Crippen molar-refractivity contribution in [3.8, 4) is 40.8 Å². The molecule has 7 aromatic rings. The first-order valence-electron chi connectivity index (χ1n) is 25.3. The van der Waals surface area contributed by atoms with Gasteiger partial charge in [-0.3, -0.25) is 45.3 Å². The zero-order valence-electron chi connectivity index (χ0n) is 48.9. The van der Waals surface area contributed by atoms with Gasteiger partial charge in [-0.1, -0.05) is 0 Å². The molecule has 3 aromatic heterocycles. The van der Waals surface area contributed by atoms with Gasteiger partial charge < -0.3 is 63.1 Å². The summed E-state index contributed by atoms with van der Waals surface area (Å²) in [5.41, 5.74) is -6.75. The number of rotatable bonds is 15. The molecule has 0 amide bonds. The third-order valence-electron chi connectivity index (χ3n) is 10.7. The number of phenols is 5. The summed E-state index contributed by atoms with van der Waals surface area (Å²) < 4.78 is 29.0. The molecule has 0 aliphatic heterocycles. The number of hydrogen-bond donors (Lipinski definition) is 6. The zero-order valence-corrected chi connectivity index (χ0v) is 48.9. The lowest BCUT2D eigenvalue weighted by atomic mass is 10.0. The van der Waals surface area contributed by atoms with E-state index in [2.05, 4.69) is 26.5 Å². The molecule has 0 spiro atoms. The number of phenolic OH excluding ortho intramolecular Hbond substituents is 5. The Labute approximate surface area is 503 Å². The fraction of sp³-hybridized carbons (Fsp3) is 0.278. The zero-order chi connectivity index (χ0) is 68.4. The first-order valence-corrected chi connectivity index (χ1v) is 25.3. The van der Waals surface area contributed by atoms with Crippen molar-refractivity contribution in [2.75, 3.05) is 33.0 Å². The summed E-state index contributed by atoms with van der Waals surface area (Å²) in [6, 6.07) is 10.9. The van der Waals surface area contributed by atoms with E-state index in [1.165, 1.54) is 64.3 Å². The van der Waals surface area contributed by atoms with Crippen molar-refractivity contribution < 1.29 is 112 Å². The molecule has 0 aliphatic rings. The summed E-state index contributed by atoms with van der Waals surface area (Å²) in [4.78, 5) is 125. The van der Waals surface area contributed by atoms with Gasteiger partial charge in [-0.2, -0.15) is 9.78 Å². The molecule has 36 nitrogen and oxygen atoms in total. The second kappa shape index (κ2) is 34.7. The molecular weight excluding hydrogens is 1210 g/mol. The van der Waals surface area contributed by atoms with Crippen LogP contribution < -0.4 is 16.9 Å². The number of ether oxygens (including phenoxy) is 3. The third-order valence-corrected chi connectivity index (χ3v) is 10.7. The molecule has 90 heavy (non-hydrogen) atoms. The minimum atomic E-state index is -1.50. The van der Waals surface area contributed by atoms with Crippen molar-refractivity contribution in [1.29, 1.82) is 0 Å². The van der Waals surface area contributed by atoms with Crippen LogP contribution in [0.5, 0.6) is 28.7 Å². The van der Waals surface area contributed by atoms with Crippen LogP contribution in [-0.4, -0.2) is 100 Å². The fourth-order valence-electron chi connectivity index (χ4n) is 7.12. The molecule has 36 heteroatoms. The molecule has 4 aromatic carbocycles. The lowest BCUT2D eigenvalue weighted by molar-refractivity contribution is -0.742. The summed E-state index contributed by atoms with van der Waals surface area (Å²) in [5, 5.41) is 105. The number of allylic oxidation sites excluding steroid dienone is 1. The monoisotopic (exact) mass is 1270 g/mol. The van der Waals surface area contributed by atoms with Gasteiger partial charge in [-0.15, -0.1) is 10.1 Å². The van der Waals surface area contributed by atoms with E-state index in [1.807, 2.05) is 6.92 Å². The maximum absolute atomic E-state index is 11.9. The Balaban J connectivity index is 0.000000387. The molecule has 0 saturated heterocycles. The van der Waals surface area contributed by atoms with E-state index in [9.17, 15) is 79.7 Å². The largest absolute Gasteiger partial charge is 0.508 e. The Morgan fingerprint density at radius 3 is 1.37 bits per heavy atom. The first-order chi connectivity index (χ1) is 42.2. The van der Waals surface area contributed by atoms with Crippen LogP contribution >= 0.6 is 0 Å². The average molecular weight is 1270 g/mol. The lowest BCUT2D eigenvalue weighted by Crippen LogP contribution is -2.17. The number of aryl methyl sites for hydroxylation is 5. The van der Waals surface area contributed by atoms with E-state index in [0.29, 0.717) is 30.8 Å². The van der Waals surface area contributed by atoms with Crippen LogP contribution in [0.25, 0.3) is 32.9 Å². The smallest absolute Gasteiger partial charge is 0.360 e. The summed E-state index contributed by atoms with van der Waals surface area (Å²) >= 11 is 0. The molecule has 0 unspecified atom stereocenters. The van der Waals surface area contributed by atoms with Gasteiger partial charge in [-0.25, -0.2) is 24.0 Å². The standard InChI is InChI=1S/C13H10N2O9.C13H12O5.C11H8N2O7.C10H16O5.C7H8O2.HNO3/c1-3-23-12(17)7-4-6-5(2)8(14(19)20)10(16)9(15(21)22)11(6)24-13(7)18;1-3-17-12(15)10-6-9-7(2)4-8(14)5-11(9)18-13(10)16;1-4-3-6-5(2)7(12(16)17)9(14)8(13(18)19)10(6)20-11(4)15;1-4-11-9-10(15-13-6-3)7-8-14-12-5-2;1-5-2-6(8)4-7(9)3-5;2-1(3)4/h4,16H,3H2,1-2H3;4-6,14H,3H2,1-2H3;3,14H,1-2H3;9H,4-6H2,1-3H3;2-4,8-9H,1H3;(H,2,3,4). The van der Waals surface area contributed by atoms with E-state index in [1.54, 1.807) is 46.8 Å². The molecule has 0 saturated carbocycles. The van der Waals surface area contributed by atoms with Crippen LogP contribution in [0, 0.1) is 97.2 Å². The molecule has 482 valence electrons. The Morgan fingerprint density at radius 2 is 0.944 bits per heavy atom. The number of esters is 2. The predicted octanol–water partition coefficient (Wildman–Crippen LogP) is 8.54. The van der Waals surface area contributed by atoms with Crippen molar-refractivity contribution in [2.45, 2.75) is 69.2 Å². The topological polar surface area (TPSA) is 526 Å². The first kappa shape index (κ1) is 74.0. The molecule has 7 rings (SSSR count). The summed E-state index contributed by atoms with van der Waals surface area (Å²) in [5.74, 6) is -1.15. The quantitative estimate of drug-likeness (QED) is 0.00818. The molecule has 3 heterocycles. The van der Waals surface area contributed by atoms with Crippen LogP contribution in [0.2, 0.25) is 0 Å². The number of nitrogens with zero attached hydrogens (tertiary/aromatic N) is 5. The van der Waals surface area contributed by atoms with Gasteiger partial charge in [0.1, 0.15) is 40.2 Å². The number of carbonyl (C=O) groups is 2. The van der Waals surface area contributed by atoms with E-state index >= 15 is 0 Å². The minimum Gasteiger partial charge on any atom is -0.508 e. The summed E-state index contributed by atoms with van der Waals surface area (Å²) in [6.07, 6.45) is 3.62. The number of hydrogen-bond acceptors (Lipinski definition) is 30. The number of fused-ring (bicyclic) bond motifs is 3. The second-order valence-corrected chi connectivity index (χ2v) is 17.0. The van der Waals surface area contributed by atoms with Crippen LogP contribution in [0.3, 0.4) is 0 Å². The molecule has 0 bridgehead atoms. The van der Waals surface area contributed by atoms with Gasteiger partial charge in [0.25, 0.3) is 22.3 Å². The van der Waals surface area contributed by atoms with E-state index in [-0.39, 0.29) is 74.8 Å². The number of carbonyl (C=O) groups excluding carboxylic acids is 2. The van der Waals surface area contributed by atoms with E-state index < -0.39 is 105 Å². The second-order valence-electron chi connectivity index (χ2n) is 17.0. The maximum atomic E-state index is 11.9. The lowest BCUT2D eigenvalue weighted by Gasteiger charge is -2.07. The van der Waals surface area contributed by atoms with E-state index in [0.717, 1.165) is 11.6 Å². The van der Waals surface area contributed by atoms with Crippen molar-refractivity contribution >= 4 is 67.6 Å². The molecule has 0 aliphatic carbocycles. The number of nitro benzene ring substituents is 4.